The van der Waals surface area contributed by atoms with Crippen LogP contribution in [-0.4, -0.2) is 22.3 Å². The lowest BCUT2D eigenvalue weighted by molar-refractivity contribution is 0.277. The smallest absolute Gasteiger partial charge is 0.0852 e. The van der Waals surface area contributed by atoms with E-state index in [0.717, 1.165) is 7.11 Å². The van der Waals surface area contributed by atoms with Crippen molar-refractivity contribution >= 4 is 0 Å². The van der Waals surface area contributed by atoms with Crippen LogP contribution in [0, 0.1) is 0 Å². The molecule has 0 fully saturated rings. The van der Waals surface area contributed by atoms with Crippen molar-refractivity contribution in [3.63, 3.8) is 0 Å². The van der Waals surface area contributed by atoms with Crippen LogP contribution in [-0.2, 0) is 6.61 Å². The zero-order chi connectivity index (χ0) is 7.82. The molecular formula is C7H11NO2. The minimum Gasteiger partial charge on any atom is -0.400 e. The van der Waals surface area contributed by atoms with Crippen molar-refractivity contribution in [1.29, 1.82) is 0 Å². The average molecular weight is 141 g/mol. The summed E-state index contributed by atoms with van der Waals surface area (Å²) in [5.74, 6) is 0. The second-order valence-electron chi connectivity index (χ2n) is 1.48. The number of aromatic nitrogens is 1. The number of aliphatic hydroxyl groups is 2. The fourth-order valence-corrected chi connectivity index (χ4v) is 0.492. The molecule has 1 rings (SSSR count). The molecule has 10 heavy (non-hydrogen) atoms. The Morgan fingerprint density at radius 1 is 1.40 bits per heavy atom. The summed E-state index contributed by atoms with van der Waals surface area (Å²) in [5.41, 5.74) is 0.715. The van der Waals surface area contributed by atoms with Gasteiger partial charge in [-0.05, 0) is 12.1 Å². The van der Waals surface area contributed by atoms with Crippen LogP contribution in [0.25, 0.3) is 0 Å². The molecule has 1 heterocycles. The first-order chi connectivity index (χ1) is 4.93. The van der Waals surface area contributed by atoms with Gasteiger partial charge in [-0.1, -0.05) is 6.07 Å². The minimum absolute atomic E-state index is 0.0286. The van der Waals surface area contributed by atoms with Crippen molar-refractivity contribution in [3.05, 3.63) is 30.1 Å². The Kier molecular flexibility index (Phi) is 5.62. The van der Waals surface area contributed by atoms with Gasteiger partial charge in [0.1, 0.15) is 0 Å². The largest absolute Gasteiger partial charge is 0.400 e. The van der Waals surface area contributed by atoms with Gasteiger partial charge < -0.3 is 10.2 Å². The van der Waals surface area contributed by atoms with Gasteiger partial charge in [-0.15, -0.1) is 0 Å². The van der Waals surface area contributed by atoms with E-state index in [4.69, 9.17) is 10.2 Å². The standard InChI is InChI=1S/C6H7NO.CH4O/c8-5-6-3-1-2-4-7-6;1-2/h1-4,8H,5H2;2H,1H3. The monoisotopic (exact) mass is 141 g/mol. The Morgan fingerprint density at radius 3 is 2.40 bits per heavy atom. The predicted octanol–water partition coefficient (Wildman–Crippen LogP) is 0.182. The Bertz CT molecular complexity index is 153. The highest BCUT2D eigenvalue weighted by molar-refractivity contribution is 5.01. The first-order valence-electron chi connectivity index (χ1n) is 2.89. The molecule has 3 nitrogen and oxygen atoms in total. The Hall–Kier alpha value is -0.930. The molecule has 0 aliphatic carbocycles. The van der Waals surface area contributed by atoms with E-state index in [-0.39, 0.29) is 6.61 Å². The summed E-state index contributed by atoms with van der Waals surface area (Å²) in [6.45, 7) is 0.0286. The second-order valence-corrected chi connectivity index (χ2v) is 1.48. The molecule has 0 unspecified atom stereocenters. The molecule has 0 radical (unpaired) electrons. The van der Waals surface area contributed by atoms with Gasteiger partial charge in [0.15, 0.2) is 0 Å². The summed E-state index contributed by atoms with van der Waals surface area (Å²) in [7, 11) is 1.00. The number of aliphatic hydroxyl groups excluding tert-OH is 2. The molecule has 0 amide bonds. The highest BCUT2D eigenvalue weighted by atomic mass is 16.3. The van der Waals surface area contributed by atoms with Gasteiger partial charge in [0.25, 0.3) is 0 Å². The van der Waals surface area contributed by atoms with Gasteiger partial charge in [-0.2, -0.15) is 0 Å². The van der Waals surface area contributed by atoms with Crippen LogP contribution in [0.5, 0.6) is 0 Å². The highest BCUT2D eigenvalue weighted by Crippen LogP contribution is 1.89. The predicted molar refractivity (Wildman–Crippen MR) is 38.3 cm³/mol. The Balaban J connectivity index is 0.000000371. The number of hydrogen-bond donors (Lipinski definition) is 2. The molecule has 0 aromatic carbocycles. The summed E-state index contributed by atoms with van der Waals surface area (Å²) < 4.78 is 0. The summed E-state index contributed by atoms with van der Waals surface area (Å²) in [6.07, 6.45) is 1.66. The first kappa shape index (κ1) is 9.07. The lowest BCUT2D eigenvalue weighted by Crippen LogP contribution is -1.84. The SMILES string of the molecule is CO.OCc1ccccn1. The third-order valence-corrected chi connectivity index (χ3v) is 0.888. The van der Waals surface area contributed by atoms with Gasteiger partial charge in [-0.25, -0.2) is 0 Å². The van der Waals surface area contributed by atoms with Gasteiger partial charge in [0, 0.05) is 13.3 Å². The topological polar surface area (TPSA) is 53.4 Å². The van der Waals surface area contributed by atoms with Crippen LogP contribution in [0.3, 0.4) is 0 Å². The van der Waals surface area contributed by atoms with Gasteiger partial charge in [0.05, 0.1) is 12.3 Å². The van der Waals surface area contributed by atoms with Crippen molar-refractivity contribution in [2.24, 2.45) is 0 Å². The van der Waals surface area contributed by atoms with E-state index in [1.807, 2.05) is 12.1 Å². The number of nitrogens with zero attached hydrogens (tertiary/aromatic N) is 1. The zero-order valence-corrected chi connectivity index (χ0v) is 5.86. The number of pyridine rings is 1. The lowest BCUT2D eigenvalue weighted by Gasteiger charge is -1.88. The summed E-state index contributed by atoms with van der Waals surface area (Å²) in [6, 6.07) is 5.44. The molecule has 0 saturated carbocycles. The maximum absolute atomic E-state index is 8.48. The molecule has 56 valence electrons. The Labute approximate surface area is 60.0 Å². The summed E-state index contributed by atoms with van der Waals surface area (Å²) in [5, 5.41) is 15.5. The van der Waals surface area contributed by atoms with Crippen LogP contribution in [0.1, 0.15) is 5.69 Å². The number of rotatable bonds is 1. The highest BCUT2D eigenvalue weighted by Gasteiger charge is 1.82. The van der Waals surface area contributed by atoms with Gasteiger partial charge in [-0.3, -0.25) is 4.98 Å². The maximum atomic E-state index is 8.48. The van der Waals surface area contributed by atoms with Gasteiger partial charge in [0.2, 0.25) is 0 Å². The minimum atomic E-state index is 0.0286. The molecule has 0 atom stereocenters. The van der Waals surface area contributed by atoms with E-state index in [1.54, 1.807) is 12.3 Å². The number of hydrogen-bond acceptors (Lipinski definition) is 3. The third-order valence-electron chi connectivity index (χ3n) is 0.888. The van der Waals surface area contributed by atoms with Crippen molar-refractivity contribution in [2.45, 2.75) is 6.61 Å². The zero-order valence-electron chi connectivity index (χ0n) is 5.86. The summed E-state index contributed by atoms with van der Waals surface area (Å²) in [4.78, 5) is 3.85. The summed E-state index contributed by atoms with van der Waals surface area (Å²) >= 11 is 0. The fourth-order valence-electron chi connectivity index (χ4n) is 0.492. The molecule has 0 bridgehead atoms. The molecule has 0 aliphatic heterocycles. The van der Waals surface area contributed by atoms with E-state index in [0.29, 0.717) is 5.69 Å². The molecular weight excluding hydrogens is 130 g/mol. The second kappa shape index (κ2) is 6.19. The average Bonchev–Trinajstić information content (AvgIpc) is 2.10. The van der Waals surface area contributed by atoms with Crippen LogP contribution in [0.4, 0.5) is 0 Å². The van der Waals surface area contributed by atoms with Gasteiger partial charge >= 0.3 is 0 Å². The maximum Gasteiger partial charge on any atom is 0.0852 e. The first-order valence-corrected chi connectivity index (χ1v) is 2.89. The van der Waals surface area contributed by atoms with E-state index >= 15 is 0 Å². The third kappa shape index (κ3) is 3.17. The quantitative estimate of drug-likeness (QED) is 0.586. The molecule has 0 aliphatic rings. The lowest BCUT2D eigenvalue weighted by atomic mass is 10.4. The van der Waals surface area contributed by atoms with Crippen LogP contribution < -0.4 is 0 Å². The molecule has 0 spiro atoms. The molecule has 2 N–H and O–H groups in total. The van der Waals surface area contributed by atoms with E-state index in [9.17, 15) is 0 Å². The van der Waals surface area contributed by atoms with E-state index in [2.05, 4.69) is 4.98 Å². The van der Waals surface area contributed by atoms with Crippen molar-refractivity contribution in [2.75, 3.05) is 7.11 Å². The fraction of sp³-hybridized carbons (Fsp3) is 0.286. The normalized spacial score (nSPS) is 7.90. The molecule has 1 aromatic heterocycles. The van der Waals surface area contributed by atoms with E-state index in [1.165, 1.54) is 0 Å². The van der Waals surface area contributed by atoms with Crippen LogP contribution in [0.15, 0.2) is 24.4 Å². The van der Waals surface area contributed by atoms with Crippen molar-refractivity contribution in [3.8, 4) is 0 Å². The van der Waals surface area contributed by atoms with Crippen LogP contribution in [0.2, 0.25) is 0 Å². The molecule has 0 saturated heterocycles. The van der Waals surface area contributed by atoms with E-state index < -0.39 is 0 Å². The van der Waals surface area contributed by atoms with Crippen molar-refractivity contribution < 1.29 is 10.2 Å². The van der Waals surface area contributed by atoms with Crippen molar-refractivity contribution in [1.82, 2.24) is 4.98 Å². The Morgan fingerprint density at radius 2 is 2.10 bits per heavy atom. The molecule has 3 heteroatoms. The molecule has 1 aromatic rings. The van der Waals surface area contributed by atoms with Crippen LogP contribution >= 0.6 is 0 Å².